The Morgan fingerprint density at radius 2 is 2.22 bits per heavy atom. The molecule has 0 amide bonds. The van der Waals surface area contributed by atoms with Gasteiger partial charge in [0.1, 0.15) is 0 Å². The van der Waals surface area contributed by atoms with Gasteiger partial charge in [0.15, 0.2) is 0 Å². The van der Waals surface area contributed by atoms with Gasteiger partial charge in [-0.05, 0) is 12.5 Å². The van der Waals surface area contributed by atoms with Crippen LogP contribution in [0.25, 0.3) is 0 Å². The van der Waals surface area contributed by atoms with Crippen molar-refractivity contribution in [2.24, 2.45) is 0 Å². The van der Waals surface area contributed by atoms with Gasteiger partial charge in [0.25, 0.3) is 0 Å². The first-order chi connectivity index (χ1) is 3.83. The molecule has 0 fully saturated rings. The van der Waals surface area contributed by atoms with Crippen LogP contribution in [0.15, 0.2) is 12.2 Å². The molecule has 0 saturated heterocycles. The van der Waals surface area contributed by atoms with Crippen molar-refractivity contribution in [1.82, 2.24) is 0 Å². The maximum atomic E-state index is 5.29. The maximum Gasteiger partial charge on any atom is 0.0725 e. The molecule has 0 bridgehead atoms. The Bertz CT molecular complexity index is 101. The molecule has 2 atom stereocenters. The van der Waals surface area contributed by atoms with E-state index in [2.05, 4.69) is 19.9 Å². The number of hydrogen-bond acceptors (Lipinski definition) is 1. The average Bonchev–Trinajstić information content (AvgIpc) is 2.14. The van der Waals surface area contributed by atoms with Crippen LogP contribution in [0.3, 0.4) is 0 Å². The van der Waals surface area contributed by atoms with Gasteiger partial charge in [0.05, 0.1) is 6.10 Å². The molecular weight excluding hydrogens is 284 g/mol. The third-order valence-electron chi connectivity index (χ3n) is 1.29. The van der Waals surface area contributed by atoms with Crippen molar-refractivity contribution in [1.29, 1.82) is 0 Å². The zero-order valence-corrected chi connectivity index (χ0v) is 8.47. The van der Waals surface area contributed by atoms with Crippen molar-refractivity contribution < 1.29 is 25.8 Å². The Morgan fingerprint density at radius 3 is 2.44 bits per heavy atom. The quantitative estimate of drug-likeness (QED) is 0.527. The second-order valence-electron chi connectivity index (χ2n) is 2.01. The smallest absolute Gasteiger partial charge is 0.0725 e. The van der Waals surface area contributed by atoms with Gasteiger partial charge in [0, 0.05) is 21.1 Å². The van der Waals surface area contributed by atoms with Crippen LogP contribution in [0, 0.1) is 6.92 Å². The first kappa shape index (κ1) is 9.39. The Labute approximate surface area is 70.7 Å². The van der Waals surface area contributed by atoms with E-state index in [9.17, 15) is 0 Å². The van der Waals surface area contributed by atoms with Crippen molar-refractivity contribution in [2.75, 3.05) is 0 Å². The van der Waals surface area contributed by atoms with E-state index in [0.29, 0.717) is 6.10 Å². The third kappa shape index (κ3) is 2.64. The summed E-state index contributed by atoms with van der Waals surface area (Å²) in [6.45, 7) is 5.83. The van der Waals surface area contributed by atoms with Gasteiger partial charge in [-0.3, -0.25) is 0 Å². The summed E-state index contributed by atoms with van der Waals surface area (Å²) in [7, 11) is 0. The van der Waals surface area contributed by atoms with Crippen molar-refractivity contribution in [3.8, 4) is 0 Å². The monoisotopic (exact) mass is 295 g/mol. The van der Waals surface area contributed by atoms with Gasteiger partial charge in [-0.15, -0.1) is 0 Å². The third-order valence-corrected chi connectivity index (χ3v) is 1.29. The van der Waals surface area contributed by atoms with Gasteiger partial charge in [-0.1, -0.05) is 19.1 Å². The van der Waals surface area contributed by atoms with Crippen molar-refractivity contribution in [3.05, 3.63) is 19.1 Å². The van der Waals surface area contributed by atoms with Crippen LogP contribution in [-0.4, -0.2) is 12.2 Å². The number of ether oxygens (including phenoxy) is 1. The summed E-state index contributed by atoms with van der Waals surface area (Å²) in [4.78, 5) is 0. The molecule has 1 aliphatic rings. The summed E-state index contributed by atoms with van der Waals surface area (Å²) < 4.78 is 5.29. The predicted octanol–water partition coefficient (Wildman–Crippen LogP) is 1.55. The molecule has 9 heavy (non-hydrogen) atoms. The van der Waals surface area contributed by atoms with Gasteiger partial charge >= 0.3 is 0 Å². The van der Waals surface area contributed by atoms with Crippen LogP contribution in [0.1, 0.15) is 13.3 Å². The molecule has 0 saturated carbocycles. The van der Waals surface area contributed by atoms with Gasteiger partial charge in [-0.25, -0.2) is 0 Å². The van der Waals surface area contributed by atoms with E-state index in [1.165, 1.54) is 0 Å². The second kappa shape index (κ2) is 4.24. The zero-order valence-electron chi connectivity index (χ0n) is 5.54. The van der Waals surface area contributed by atoms with Crippen LogP contribution in [0.5, 0.6) is 0 Å². The van der Waals surface area contributed by atoms with E-state index in [4.69, 9.17) is 4.74 Å². The van der Waals surface area contributed by atoms with E-state index < -0.39 is 0 Å². The molecule has 0 spiro atoms. The molecule has 0 aromatic heterocycles. The van der Waals surface area contributed by atoms with Gasteiger partial charge in [-0.2, -0.15) is 0 Å². The number of rotatable bonds is 1. The van der Waals surface area contributed by atoms with E-state index in [-0.39, 0.29) is 27.2 Å². The Hall–Kier alpha value is 0.388. The molecule has 1 heterocycles. The minimum absolute atomic E-state index is 0. The molecule has 2 heteroatoms. The molecule has 1 rings (SSSR count). The second-order valence-corrected chi connectivity index (χ2v) is 2.01. The molecular formula is C7H11OW-. The molecule has 0 aromatic rings. The fourth-order valence-electron chi connectivity index (χ4n) is 0.795. The first-order valence-electron chi connectivity index (χ1n) is 3.00. The van der Waals surface area contributed by atoms with E-state index in [1.54, 1.807) is 0 Å². The van der Waals surface area contributed by atoms with Crippen molar-refractivity contribution in [3.63, 3.8) is 0 Å². The molecule has 0 aliphatic carbocycles. The Kier molecular flexibility index (Phi) is 4.43. The molecule has 1 aliphatic heterocycles. The van der Waals surface area contributed by atoms with Crippen LogP contribution in [-0.2, 0) is 25.8 Å². The van der Waals surface area contributed by atoms with Gasteiger partial charge < -0.3 is 11.7 Å². The summed E-state index contributed by atoms with van der Waals surface area (Å²) in [5.74, 6) is 0. The fraction of sp³-hybridized carbons (Fsp3) is 0.571. The topological polar surface area (TPSA) is 9.23 Å². The first-order valence-corrected chi connectivity index (χ1v) is 3.00. The summed E-state index contributed by atoms with van der Waals surface area (Å²) in [6, 6.07) is 0. The van der Waals surface area contributed by atoms with E-state index in [1.807, 2.05) is 6.08 Å². The summed E-state index contributed by atoms with van der Waals surface area (Å²) in [5, 5.41) is 0. The molecule has 0 N–H and O–H groups in total. The minimum Gasteiger partial charge on any atom is -0.399 e. The zero-order chi connectivity index (χ0) is 5.98. The van der Waals surface area contributed by atoms with Crippen LogP contribution in [0.4, 0.5) is 0 Å². The Balaban J connectivity index is 0.000000640. The predicted molar refractivity (Wildman–Crippen MR) is 33.4 cm³/mol. The van der Waals surface area contributed by atoms with Crippen molar-refractivity contribution in [2.45, 2.75) is 25.6 Å². The molecule has 52 valence electrons. The van der Waals surface area contributed by atoms with Crippen LogP contribution >= 0.6 is 0 Å². The standard InChI is InChI=1S/C7H11O.W/c1-3-7-5-4-6(2)8-7;/h4-7H,2-3H2,1H3;/q-1;. The van der Waals surface area contributed by atoms with Gasteiger partial charge in [0.2, 0.25) is 0 Å². The summed E-state index contributed by atoms with van der Waals surface area (Å²) >= 11 is 0. The van der Waals surface area contributed by atoms with E-state index in [0.717, 1.165) is 6.42 Å². The average molecular weight is 295 g/mol. The minimum atomic E-state index is 0. The van der Waals surface area contributed by atoms with Crippen molar-refractivity contribution >= 4 is 0 Å². The molecule has 2 unspecified atom stereocenters. The van der Waals surface area contributed by atoms with E-state index >= 15 is 0 Å². The maximum absolute atomic E-state index is 5.29. The SMILES string of the molecule is [CH2-]C1C=CC(CC)O1.[W]. The molecule has 0 aromatic carbocycles. The largest absolute Gasteiger partial charge is 0.399 e. The fourth-order valence-corrected chi connectivity index (χ4v) is 0.795. The molecule has 1 nitrogen and oxygen atoms in total. The number of hydrogen-bond donors (Lipinski definition) is 0. The normalized spacial score (nSPS) is 32.2. The molecule has 0 radical (unpaired) electrons. The van der Waals surface area contributed by atoms with Crippen LogP contribution < -0.4 is 0 Å². The Morgan fingerprint density at radius 1 is 1.56 bits per heavy atom. The summed E-state index contributed by atoms with van der Waals surface area (Å²) in [6.07, 6.45) is 5.55. The summed E-state index contributed by atoms with van der Waals surface area (Å²) in [5.41, 5.74) is 0. The van der Waals surface area contributed by atoms with Crippen LogP contribution in [0.2, 0.25) is 0 Å².